The minimum atomic E-state index is -0.438. The Morgan fingerprint density at radius 3 is 2.68 bits per heavy atom. The van der Waals surface area contributed by atoms with Crippen LogP contribution in [-0.2, 0) is 4.79 Å². The van der Waals surface area contributed by atoms with E-state index in [1.807, 2.05) is 59.3 Å². The summed E-state index contributed by atoms with van der Waals surface area (Å²) in [5.41, 5.74) is 1.46. The van der Waals surface area contributed by atoms with Gasteiger partial charge in [-0.3, -0.25) is 9.36 Å². The topological polar surface area (TPSA) is 69.0 Å². The highest BCUT2D eigenvalue weighted by atomic mass is 35.5. The van der Waals surface area contributed by atoms with Gasteiger partial charge in [-0.25, -0.2) is 0 Å². The van der Waals surface area contributed by atoms with Crippen LogP contribution in [0.25, 0.3) is 16.4 Å². The van der Waals surface area contributed by atoms with Crippen LogP contribution in [-0.4, -0.2) is 33.0 Å². The van der Waals surface area contributed by atoms with Crippen LogP contribution in [0.5, 0.6) is 5.75 Å². The van der Waals surface area contributed by atoms with Crippen LogP contribution in [0.1, 0.15) is 6.92 Å². The predicted octanol–water partition coefficient (Wildman–Crippen LogP) is 5.78. The van der Waals surface area contributed by atoms with Gasteiger partial charge in [0.2, 0.25) is 5.91 Å². The molecule has 6 nitrogen and oxygen atoms in total. The fourth-order valence-electron chi connectivity index (χ4n) is 2.95. The number of para-hydroxylation sites is 1. The first-order chi connectivity index (χ1) is 15.1. The van der Waals surface area contributed by atoms with Gasteiger partial charge in [0.1, 0.15) is 5.75 Å². The number of nitrogens with zero attached hydrogens (tertiary/aromatic N) is 3. The molecule has 0 fully saturated rings. The molecule has 9 heteroatoms. The first kappa shape index (κ1) is 21.4. The van der Waals surface area contributed by atoms with E-state index in [0.29, 0.717) is 21.6 Å². The molecule has 158 valence electrons. The molecule has 0 aliphatic heterocycles. The molecular weight excluding hydrogens is 452 g/mol. The Hall–Kier alpha value is -2.81. The first-order valence-electron chi connectivity index (χ1n) is 9.42. The zero-order valence-corrected chi connectivity index (χ0v) is 19.2. The molecule has 31 heavy (non-hydrogen) atoms. The number of anilines is 1. The number of amides is 1. The number of halogens is 1. The van der Waals surface area contributed by atoms with Crippen molar-refractivity contribution in [3.63, 3.8) is 0 Å². The zero-order chi connectivity index (χ0) is 21.8. The van der Waals surface area contributed by atoms with Crippen molar-refractivity contribution < 1.29 is 9.53 Å². The van der Waals surface area contributed by atoms with Gasteiger partial charge in [0.25, 0.3) is 0 Å². The van der Waals surface area contributed by atoms with E-state index in [0.717, 1.165) is 16.4 Å². The molecule has 0 aliphatic carbocycles. The Balaban J connectivity index is 1.61. The third-order valence-corrected chi connectivity index (χ3v) is 6.60. The van der Waals surface area contributed by atoms with E-state index in [1.165, 1.54) is 11.8 Å². The van der Waals surface area contributed by atoms with E-state index in [4.69, 9.17) is 16.3 Å². The summed E-state index contributed by atoms with van der Waals surface area (Å²) in [6.07, 6.45) is 0. The largest absolute Gasteiger partial charge is 0.495 e. The number of carbonyl (C=O) groups excluding carboxylic acids is 1. The number of ether oxygens (including phenoxy) is 1. The molecule has 1 N–H and O–H groups in total. The van der Waals surface area contributed by atoms with E-state index in [-0.39, 0.29) is 5.91 Å². The summed E-state index contributed by atoms with van der Waals surface area (Å²) in [6.45, 7) is 1.83. The van der Waals surface area contributed by atoms with E-state index >= 15 is 0 Å². The van der Waals surface area contributed by atoms with Crippen molar-refractivity contribution in [2.75, 3.05) is 12.4 Å². The molecule has 4 aromatic rings. The van der Waals surface area contributed by atoms with Crippen molar-refractivity contribution in [2.45, 2.75) is 17.3 Å². The molecule has 1 unspecified atom stereocenters. The van der Waals surface area contributed by atoms with Crippen LogP contribution < -0.4 is 10.1 Å². The Bertz CT molecular complexity index is 1180. The number of thioether (sulfide) groups is 1. The van der Waals surface area contributed by atoms with Crippen molar-refractivity contribution in [1.29, 1.82) is 0 Å². The molecule has 0 saturated heterocycles. The molecule has 4 rings (SSSR count). The number of nitrogens with one attached hydrogen (secondary N) is 1. The van der Waals surface area contributed by atoms with Gasteiger partial charge in [0, 0.05) is 10.7 Å². The van der Waals surface area contributed by atoms with Crippen LogP contribution in [0, 0.1) is 0 Å². The Morgan fingerprint density at radius 2 is 1.97 bits per heavy atom. The number of hydrogen-bond donors (Lipinski definition) is 1. The molecule has 0 radical (unpaired) electrons. The lowest BCUT2D eigenvalue weighted by atomic mass is 10.3. The quantitative estimate of drug-likeness (QED) is 0.347. The number of aromatic nitrogens is 3. The van der Waals surface area contributed by atoms with Crippen LogP contribution in [0.15, 0.2) is 71.2 Å². The maximum Gasteiger partial charge on any atom is 0.237 e. The molecule has 0 aliphatic rings. The van der Waals surface area contributed by atoms with Gasteiger partial charge in [-0.2, -0.15) is 0 Å². The van der Waals surface area contributed by atoms with E-state index < -0.39 is 5.25 Å². The molecule has 1 atom stereocenters. The zero-order valence-electron chi connectivity index (χ0n) is 16.8. The first-order valence-corrected chi connectivity index (χ1v) is 11.6. The maximum absolute atomic E-state index is 12.9. The lowest BCUT2D eigenvalue weighted by molar-refractivity contribution is -0.115. The van der Waals surface area contributed by atoms with Gasteiger partial charge < -0.3 is 10.1 Å². The highest BCUT2D eigenvalue weighted by Gasteiger charge is 2.23. The average molecular weight is 471 g/mol. The predicted molar refractivity (Wildman–Crippen MR) is 127 cm³/mol. The Morgan fingerprint density at radius 1 is 1.16 bits per heavy atom. The standard InChI is InChI=1S/C22H19ClN4O2S2/c1-14(21(28)24-17-13-15(23)10-11-18(17)29-2)31-22-26-25-20(19-9-6-12-30-19)27(22)16-7-4-3-5-8-16/h3-14H,1-2H3,(H,24,28). The molecule has 0 bridgehead atoms. The lowest BCUT2D eigenvalue weighted by Gasteiger charge is -2.15. The Labute approximate surface area is 193 Å². The number of methoxy groups -OCH3 is 1. The van der Waals surface area contributed by atoms with Crippen LogP contribution >= 0.6 is 34.7 Å². The van der Waals surface area contributed by atoms with E-state index in [9.17, 15) is 4.79 Å². The van der Waals surface area contributed by atoms with Gasteiger partial charge in [0.15, 0.2) is 11.0 Å². The number of hydrogen-bond acceptors (Lipinski definition) is 6. The summed E-state index contributed by atoms with van der Waals surface area (Å²) in [5.74, 6) is 1.10. The lowest BCUT2D eigenvalue weighted by Crippen LogP contribution is -2.23. The molecule has 2 heterocycles. The highest BCUT2D eigenvalue weighted by molar-refractivity contribution is 8.00. The summed E-state index contributed by atoms with van der Waals surface area (Å²) in [6, 6.07) is 18.9. The highest BCUT2D eigenvalue weighted by Crippen LogP contribution is 2.33. The number of benzene rings is 2. The molecule has 0 saturated carbocycles. The number of rotatable bonds is 7. The third-order valence-electron chi connectivity index (χ3n) is 4.46. The molecule has 0 spiro atoms. The van der Waals surface area contributed by atoms with E-state index in [2.05, 4.69) is 15.5 Å². The monoisotopic (exact) mass is 470 g/mol. The third kappa shape index (κ3) is 4.76. The number of thiophene rings is 1. The van der Waals surface area contributed by atoms with Crippen molar-refractivity contribution >= 4 is 46.3 Å². The van der Waals surface area contributed by atoms with Gasteiger partial charge in [-0.1, -0.05) is 47.6 Å². The summed E-state index contributed by atoms with van der Waals surface area (Å²) < 4.78 is 7.29. The second-order valence-corrected chi connectivity index (χ2v) is 9.24. The summed E-state index contributed by atoms with van der Waals surface area (Å²) >= 11 is 9.00. The minimum Gasteiger partial charge on any atom is -0.495 e. The number of carbonyl (C=O) groups is 1. The summed E-state index contributed by atoms with van der Waals surface area (Å²) in [4.78, 5) is 13.9. The van der Waals surface area contributed by atoms with Crippen LogP contribution in [0.4, 0.5) is 5.69 Å². The SMILES string of the molecule is COc1ccc(Cl)cc1NC(=O)C(C)Sc1nnc(-c2cccs2)n1-c1ccccc1. The Kier molecular flexibility index (Phi) is 6.60. The molecule has 2 aromatic heterocycles. The fourth-order valence-corrected chi connectivity index (χ4v) is 4.68. The van der Waals surface area contributed by atoms with E-state index in [1.54, 1.807) is 36.6 Å². The van der Waals surface area contributed by atoms with Crippen LogP contribution in [0.3, 0.4) is 0 Å². The summed E-state index contributed by atoms with van der Waals surface area (Å²) in [7, 11) is 1.55. The molecule has 2 aromatic carbocycles. The second-order valence-electron chi connectivity index (χ2n) is 6.55. The fraction of sp³-hybridized carbons (Fsp3) is 0.136. The second kappa shape index (κ2) is 9.55. The van der Waals surface area contributed by atoms with Crippen molar-refractivity contribution in [3.8, 4) is 22.1 Å². The smallest absolute Gasteiger partial charge is 0.237 e. The van der Waals surface area contributed by atoms with Gasteiger partial charge in [0.05, 0.1) is 22.9 Å². The van der Waals surface area contributed by atoms with Gasteiger partial charge in [-0.05, 0) is 48.7 Å². The average Bonchev–Trinajstić information content (AvgIpc) is 3.44. The molecular formula is C22H19ClN4O2S2. The van der Waals surface area contributed by atoms with Crippen molar-refractivity contribution in [2.24, 2.45) is 0 Å². The van der Waals surface area contributed by atoms with Gasteiger partial charge in [-0.15, -0.1) is 21.5 Å². The maximum atomic E-state index is 12.9. The van der Waals surface area contributed by atoms with Crippen molar-refractivity contribution in [1.82, 2.24) is 14.8 Å². The summed E-state index contributed by atoms with van der Waals surface area (Å²) in [5, 5.41) is 14.4. The minimum absolute atomic E-state index is 0.189. The van der Waals surface area contributed by atoms with Gasteiger partial charge >= 0.3 is 0 Å². The van der Waals surface area contributed by atoms with Crippen LogP contribution in [0.2, 0.25) is 5.02 Å². The van der Waals surface area contributed by atoms with Crippen molar-refractivity contribution in [3.05, 3.63) is 71.1 Å². The molecule has 1 amide bonds. The normalized spacial score (nSPS) is 11.8.